The third-order valence-corrected chi connectivity index (χ3v) is 6.79. The summed E-state index contributed by atoms with van der Waals surface area (Å²) in [5.41, 5.74) is 2.33. The predicted octanol–water partition coefficient (Wildman–Crippen LogP) is 5.40. The van der Waals surface area contributed by atoms with Crippen molar-refractivity contribution >= 4 is 23.2 Å². The molecule has 0 saturated heterocycles. The van der Waals surface area contributed by atoms with Gasteiger partial charge in [-0.3, -0.25) is 9.59 Å². The molecular formula is C27H30N2O3S. The average Bonchev–Trinajstić information content (AvgIpc) is 3.34. The van der Waals surface area contributed by atoms with E-state index in [1.54, 1.807) is 11.3 Å². The Morgan fingerprint density at radius 2 is 1.85 bits per heavy atom. The van der Waals surface area contributed by atoms with Crippen LogP contribution in [0.25, 0.3) is 0 Å². The van der Waals surface area contributed by atoms with Crippen molar-refractivity contribution < 1.29 is 14.3 Å². The van der Waals surface area contributed by atoms with Crippen LogP contribution in [-0.2, 0) is 11.3 Å². The molecule has 0 aliphatic carbocycles. The van der Waals surface area contributed by atoms with Gasteiger partial charge in [0.25, 0.3) is 5.91 Å². The maximum atomic E-state index is 13.8. The smallest absolute Gasteiger partial charge is 0.254 e. The molecule has 2 aromatic carbocycles. The molecule has 0 saturated carbocycles. The van der Waals surface area contributed by atoms with E-state index in [2.05, 4.69) is 19.2 Å². The maximum Gasteiger partial charge on any atom is 0.254 e. The molecule has 0 radical (unpaired) electrons. The zero-order valence-corrected chi connectivity index (χ0v) is 20.1. The molecule has 2 atom stereocenters. The van der Waals surface area contributed by atoms with Crippen LogP contribution >= 0.6 is 11.3 Å². The van der Waals surface area contributed by atoms with Crippen LogP contribution < -0.4 is 10.1 Å². The van der Waals surface area contributed by atoms with Gasteiger partial charge in [0.05, 0.1) is 18.6 Å². The normalized spacial score (nSPS) is 17.7. The summed E-state index contributed by atoms with van der Waals surface area (Å²) < 4.78 is 5.72. The Balaban J connectivity index is 1.71. The van der Waals surface area contributed by atoms with E-state index in [1.165, 1.54) is 0 Å². The lowest BCUT2D eigenvalue weighted by Gasteiger charge is -2.42. The number of carbonyl (C=O) groups is 2. The highest BCUT2D eigenvalue weighted by atomic mass is 32.1. The first-order valence-corrected chi connectivity index (χ1v) is 12.3. The van der Waals surface area contributed by atoms with Crippen LogP contribution in [0.2, 0.25) is 0 Å². The van der Waals surface area contributed by atoms with Gasteiger partial charge in [-0.2, -0.15) is 0 Å². The molecule has 5 nitrogen and oxygen atoms in total. The minimum atomic E-state index is -0.490. The van der Waals surface area contributed by atoms with E-state index in [1.807, 2.05) is 77.9 Å². The lowest BCUT2D eigenvalue weighted by molar-refractivity contribution is -0.124. The van der Waals surface area contributed by atoms with E-state index in [0.717, 1.165) is 21.8 Å². The minimum absolute atomic E-state index is 0.0107. The fourth-order valence-electron chi connectivity index (χ4n) is 4.48. The third-order valence-electron chi connectivity index (χ3n) is 5.84. The fourth-order valence-corrected chi connectivity index (χ4v) is 5.36. The number of thiophene rings is 1. The van der Waals surface area contributed by atoms with Crippen molar-refractivity contribution in [3.8, 4) is 5.75 Å². The van der Waals surface area contributed by atoms with Gasteiger partial charge in [0.2, 0.25) is 5.91 Å². The van der Waals surface area contributed by atoms with Gasteiger partial charge in [0.15, 0.2) is 0 Å². The zero-order valence-electron chi connectivity index (χ0n) is 19.3. The number of hydrogen-bond acceptors (Lipinski definition) is 4. The first kappa shape index (κ1) is 23.1. The van der Waals surface area contributed by atoms with Crippen molar-refractivity contribution in [2.45, 2.75) is 39.3 Å². The van der Waals surface area contributed by atoms with E-state index >= 15 is 0 Å². The molecule has 172 valence electrons. The number of hydrogen-bond donors (Lipinski definition) is 1. The highest BCUT2D eigenvalue weighted by molar-refractivity contribution is 7.10. The van der Waals surface area contributed by atoms with Crippen LogP contribution in [0.4, 0.5) is 0 Å². The summed E-state index contributed by atoms with van der Waals surface area (Å²) in [6.45, 7) is 7.65. The van der Waals surface area contributed by atoms with Gasteiger partial charge in [-0.15, -0.1) is 11.3 Å². The Bertz CT molecular complexity index is 1110. The molecule has 2 heterocycles. The monoisotopic (exact) mass is 462 g/mol. The second-order valence-electron chi connectivity index (χ2n) is 8.64. The predicted molar refractivity (Wildman–Crippen MR) is 132 cm³/mol. The lowest BCUT2D eigenvalue weighted by Crippen LogP contribution is -2.48. The van der Waals surface area contributed by atoms with Crippen LogP contribution in [0.1, 0.15) is 59.1 Å². The van der Waals surface area contributed by atoms with Gasteiger partial charge in [0.1, 0.15) is 5.75 Å². The summed E-state index contributed by atoms with van der Waals surface area (Å²) in [6.07, 6.45) is 0. The second-order valence-corrected chi connectivity index (χ2v) is 9.61. The molecule has 3 aromatic rings. The van der Waals surface area contributed by atoms with Crippen LogP contribution in [0, 0.1) is 5.92 Å². The number of fused-ring (bicyclic) bond motifs is 1. The van der Waals surface area contributed by atoms with Crippen molar-refractivity contribution in [3.63, 3.8) is 0 Å². The van der Waals surface area contributed by atoms with Crippen LogP contribution in [-0.4, -0.2) is 29.9 Å². The summed E-state index contributed by atoms with van der Waals surface area (Å²) in [6, 6.07) is 18.9. The highest BCUT2D eigenvalue weighted by Gasteiger charge is 2.44. The number of amides is 2. The highest BCUT2D eigenvalue weighted by Crippen LogP contribution is 2.44. The minimum Gasteiger partial charge on any atom is -0.494 e. The molecule has 1 aliphatic rings. The number of nitrogens with one attached hydrogen (secondary N) is 1. The topological polar surface area (TPSA) is 58.6 Å². The Kier molecular flexibility index (Phi) is 7.14. The van der Waals surface area contributed by atoms with Crippen molar-refractivity contribution in [1.82, 2.24) is 10.2 Å². The van der Waals surface area contributed by atoms with E-state index < -0.39 is 5.92 Å². The van der Waals surface area contributed by atoms with Crippen molar-refractivity contribution in [1.29, 1.82) is 0 Å². The average molecular weight is 463 g/mol. The Morgan fingerprint density at radius 1 is 1.09 bits per heavy atom. The molecular weight excluding hydrogens is 432 g/mol. The largest absolute Gasteiger partial charge is 0.494 e. The number of benzene rings is 2. The van der Waals surface area contributed by atoms with E-state index in [9.17, 15) is 9.59 Å². The summed E-state index contributed by atoms with van der Waals surface area (Å²) in [5.74, 6) is 0.464. The van der Waals surface area contributed by atoms with Gasteiger partial charge in [0, 0.05) is 29.1 Å². The van der Waals surface area contributed by atoms with Crippen molar-refractivity contribution in [3.05, 3.63) is 87.6 Å². The number of carbonyl (C=O) groups excluding carboxylic acids is 2. The Labute approximate surface area is 199 Å². The molecule has 0 bridgehead atoms. The van der Waals surface area contributed by atoms with Crippen molar-refractivity contribution in [2.24, 2.45) is 5.92 Å². The summed E-state index contributed by atoms with van der Waals surface area (Å²) in [7, 11) is 0. The SMILES string of the molecule is CCOc1ccccc1CNC(=O)[C@H]1c2ccccc2C(=O)N(CC(C)C)[C@@H]1c1cccs1. The third kappa shape index (κ3) is 4.81. The first-order chi connectivity index (χ1) is 16.0. The van der Waals surface area contributed by atoms with E-state index in [0.29, 0.717) is 25.3 Å². The summed E-state index contributed by atoms with van der Waals surface area (Å²) in [5, 5.41) is 5.14. The van der Waals surface area contributed by atoms with Crippen LogP contribution in [0.3, 0.4) is 0 Å². The molecule has 0 unspecified atom stereocenters. The number of nitrogens with zero attached hydrogens (tertiary/aromatic N) is 1. The molecule has 0 fully saturated rings. The molecule has 1 N–H and O–H groups in total. The number of rotatable bonds is 8. The van der Waals surface area contributed by atoms with Gasteiger partial charge < -0.3 is 15.0 Å². The summed E-state index contributed by atoms with van der Waals surface area (Å²) in [4.78, 5) is 30.2. The zero-order chi connectivity index (χ0) is 23.4. The Morgan fingerprint density at radius 3 is 2.58 bits per heavy atom. The van der Waals surface area contributed by atoms with Gasteiger partial charge in [-0.25, -0.2) is 0 Å². The van der Waals surface area contributed by atoms with Gasteiger partial charge in [-0.05, 0) is 42.0 Å². The number of para-hydroxylation sites is 1. The maximum absolute atomic E-state index is 13.8. The molecule has 4 rings (SSSR count). The molecule has 2 amide bonds. The standard InChI is InChI=1S/C27H30N2O3S/c1-4-32-22-13-8-5-10-19(22)16-28-26(30)24-20-11-6-7-12-21(20)27(31)29(17-18(2)3)25(24)23-14-9-15-33-23/h5-15,18,24-25H,4,16-17H2,1-3H3,(H,28,30)/t24-,25+/m0/s1. The second kappa shape index (κ2) is 10.2. The number of ether oxygens (including phenoxy) is 1. The van der Waals surface area contributed by atoms with Gasteiger partial charge >= 0.3 is 0 Å². The van der Waals surface area contributed by atoms with Crippen molar-refractivity contribution in [2.75, 3.05) is 13.2 Å². The van der Waals surface area contributed by atoms with Crippen LogP contribution in [0.5, 0.6) is 5.75 Å². The van der Waals surface area contributed by atoms with Gasteiger partial charge in [-0.1, -0.05) is 56.3 Å². The molecule has 6 heteroatoms. The van der Waals surface area contributed by atoms with Crippen LogP contribution in [0.15, 0.2) is 66.0 Å². The van der Waals surface area contributed by atoms with E-state index in [4.69, 9.17) is 4.74 Å². The molecule has 0 spiro atoms. The lowest BCUT2D eigenvalue weighted by atomic mass is 9.81. The Hall–Kier alpha value is -3.12. The van der Waals surface area contributed by atoms with E-state index in [-0.39, 0.29) is 23.8 Å². The summed E-state index contributed by atoms with van der Waals surface area (Å²) >= 11 is 1.59. The molecule has 1 aromatic heterocycles. The fraction of sp³-hybridized carbons (Fsp3) is 0.333. The molecule has 1 aliphatic heterocycles. The quantitative estimate of drug-likeness (QED) is 0.488. The first-order valence-electron chi connectivity index (χ1n) is 11.4. The molecule has 33 heavy (non-hydrogen) atoms.